The number of hydrogen-bond acceptors (Lipinski definition) is 7. The van der Waals surface area contributed by atoms with Crippen LogP contribution in [0.2, 0.25) is 0 Å². The van der Waals surface area contributed by atoms with Crippen LogP contribution in [0.5, 0.6) is 0 Å². The molecular formula is C17H16F3N5OS. The highest BCUT2D eigenvalue weighted by Gasteiger charge is 2.56. The Labute approximate surface area is 157 Å². The van der Waals surface area contributed by atoms with Gasteiger partial charge in [-0.3, -0.25) is 4.99 Å². The van der Waals surface area contributed by atoms with Gasteiger partial charge in [-0.2, -0.15) is 8.78 Å². The first-order valence-electron chi connectivity index (χ1n) is 8.12. The lowest BCUT2D eigenvalue weighted by Crippen LogP contribution is -2.51. The van der Waals surface area contributed by atoms with E-state index in [1.165, 1.54) is 23.5 Å². The number of nitrogens with two attached hydrogens (primary N) is 1. The first-order chi connectivity index (χ1) is 12.7. The van der Waals surface area contributed by atoms with Gasteiger partial charge in [0.2, 0.25) is 0 Å². The molecule has 0 amide bonds. The Morgan fingerprint density at radius 1 is 1.33 bits per heavy atom. The van der Waals surface area contributed by atoms with Crippen LogP contribution in [-0.2, 0) is 16.8 Å². The van der Waals surface area contributed by atoms with Crippen molar-refractivity contribution in [2.24, 2.45) is 15.7 Å². The molecule has 3 N–H and O–H groups in total. The number of benzene rings is 1. The van der Waals surface area contributed by atoms with Gasteiger partial charge in [-0.1, -0.05) is 0 Å². The zero-order valence-electron chi connectivity index (χ0n) is 14.5. The lowest BCUT2D eigenvalue weighted by atomic mass is 9.84. The van der Waals surface area contributed by atoms with E-state index in [0.29, 0.717) is 22.8 Å². The molecule has 0 saturated heterocycles. The summed E-state index contributed by atoms with van der Waals surface area (Å²) in [5.74, 6) is -3.71. The predicted octanol–water partition coefficient (Wildman–Crippen LogP) is 3.16. The van der Waals surface area contributed by atoms with Gasteiger partial charge in [-0.15, -0.1) is 11.3 Å². The summed E-state index contributed by atoms with van der Waals surface area (Å²) in [5, 5.41) is 5.78. The van der Waals surface area contributed by atoms with Crippen LogP contribution in [0, 0.1) is 12.7 Å². The van der Waals surface area contributed by atoms with E-state index in [2.05, 4.69) is 25.0 Å². The smallest absolute Gasteiger partial charge is 0.310 e. The quantitative estimate of drug-likeness (QED) is 0.818. The number of aromatic nitrogens is 1. The normalized spacial score (nSPS) is 23.6. The fraction of sp³-hybridized carbons (Fsp3) is 0.353. The largest absolute Gasteiger partial charge is 0.459 e. The maximum atomic E-state index is 14.7. The van der Waals surface area contributed by atoms with Gasteiger partial charge in [0.15, 0.2) is 18.0 Å². The molecule has 10 heteroatoms. The van der Waals surface area contributed by atoms with Crippen LogP contribution in [0.15, 0.2) is 27.5 Å². The van der Waals surface area contributed by atoms with Gasteiger partial charge < -0.3 is 15.8 Å². The molecule has 1 aromatic carbocycles. The van der Waals surface area contributed by atoms with Crippen molar-refractivity contribution in [1.82, 2.24) is 4.98 Å². The number of amidine groups is 2. The molecule has 0 saturated carbocycles. The average Bonchev–Trinajstić information content (AvgIpc) is 3.04. The highest BCUT2D eigenvalue weighted by Crippen LogP contribution is 2.45. The number of thiazole rings is 1. The van der Waals surface area contributed by atoms with E-state index in [9.17, 15) is 13.2 Å². The molecule has 6 nitrogen and oxygen atoms in total. The van der Waals surface area contributed by atoms with Crippen molar-refractivity contribution < 1.29 is 17.9 Å². The maximum Gasteiger partial charge on any atom is 0.310 e. The number of aliphatic imine (C=N–C) groups is 2. The molecule has 27 heavy (non-hydrogen) atoms. The topological polar surface area (TPSA) is 84.9 Å². The molecule has 3 heterocycles. The van der Waals surface area contributed by atoms with Gasteiger partial charge in [0.05, 0.1) is 11.6 Å². The van der Waals surface area contributed by atoms with Crippen molar-refractivity contribution in [2.45, 2.75) is 31.9 Å². The molecule has 2 aliphatic rings. The summed E-state index contributed by atoms with van der Waals surface area (Å²) in [7, 11) is 0. The number of nitrogens with one attached hydrogen (secondary N) is 1. The SMILES string of the molecule is Cc1nc(C2=NCc3cc(F)c(C4(C)N=C(N)OCC4(F)F)cc3N2)cs1. The highest BCUT2D eigenvalue weighted by atomic mass is 32.1. The van der Waals surface area contributed by atoms with Gasteiger partial charge >= 0.3 is 5.92 Å². The summed E-state index contributed by atoms with van der Waals surface area (Å²) >= 11 is 1.47. The van der Waals surface area contributed by atoms with Crippen LogP contribution in [0.1, 0.15) is 28.8 Å². The Balaban J connectivity index is 1.77. The summed E-state index contributed by atoms with van der Waals surface area (Å²) in [6.45, 7) is 2.27. The van der Waals surface area contributed by atoms with Crippen LogP contribution in [0.3, 0.4) is 0 Å². The second kappa shape index (κ2) is 5.95. The van der Waals surface area contributed by atoms with Crippen LogP contribution in [-0.4, -0.2) is 29.4 Å². The van der Waals surface area contributed by atoms with Crippen molar-refractivity contribution in [2.75, 3.05) is 11.9 Å². The molecule has 1 unspecified atom stereocenters. The maximum absolute atomic E-state index is 14.7. The van der Waals surface area contributed by atoms with E-state index in [4.69, 9.17) is 5.73 Å². The fourth-order valence-electron chi connectivity index (χ4n) is 3.08. The van der Waals surface area contributed by atoms with Crippen molar-refractivity contribution in [1.29, 1.82) is 0 Å². The zero-order valence-corrected chi connectivity index (χ0v) is 15.3. The summed E-state index contributed by atoms with van der Waals surface area (Å²) in [5.41, 5.74) is 4.74. The van der Waals surface area contributed by atoms with Crippen molar-refractivity contribution in [3.63, 3.8) is 0 Å². The van der Waals surface area contributed by atoms with Crippen LogP contribution in [0.25, 0.3) is 0 Å². The van der Waals surface area contributed by atoms with Crippen molar-refractivity contribution in [3.8, 4) is 0 Å². The Hall–Kier alpha value is -2.62. The average molecular weight is 395 g/mol. The summed E-state index contributed by atoms with van der Waals surface area (Å²) in [6, 6.07) is 2.15. The molecule has 4 rings (SSSR count). The van der Waals surface area contributed by atoms with E-state index in [1.54, 1.807) is 0 Å². The van der Waals surface area contributed by atoms with Crippen LogP contribution in [0.4, 0.5) is 18.9 Å². The first-order valence-corrected chi connectivity index (χ1v) is 9.00. The minimum Gasteiger partial charge on any atom is -0.459 e. The molecule has 0 aliphatic carbocycles. The molecule has 1 atom stereocenters. The number of rotatable bonds is 2. The highest BCUT2D eigenvalue weighted by molar-refractivity contribution is 7.09. The molecular weight excluding hydrogens is 379 g/mol. The second-order valence-corrected chi connectivity index (χ2v) is 7.61. The third-order valence-electron chi connectivity index (χ3n) is 4.69. The molecule has 2 aromatic rings. The van der Waals surface area contributed by atoms with E-state index in [1.807, 2.05) is 12.3 Å². The van der Waals surface area contributed by atoms with Crippen LogP contribution >= 0.6 is 11.3 Å². The third-order valence-corrected chi connectivity index (χ3v) is 5.46. The number of fused-ring (bicyclic) bond motifs is 1. The molecule has 0 spiro atoms. The Morgan fingerprint density at radius 3 is 2.81 bits per heavy atom. The Morgan fingerprint density at radius 2 is 2.11 bits per heavy atom. The summed E-state index contributed by atoms with van der Waals surface area (Å²) in [4.78, 5) is 12.5. The van der Waals surface area contributed by atoms with Crippen molar-refractivity contribution in [3.05, 3.63) is 45.2 Å². The first kappa shape index (κ1) is 17.8. The van der Waals surface area contributed by atoms with Gasteiger partial charge in [0, 0.05) is 22.2 Å². The minimum absolute atomic E-state index is 0.215. The minimum atomic E-state index is -3.43. The van der Waals surface area contributed by atoms with Gasteiger partial charge in [-0.25, -0.2) is 14.4 Å². The molecule has 0 bridgehead atoms. The summed E-state index contributed by atoms with van der Waals surface area (Å²) in [6.07, 6.45) is 0. The number of aryl methyl sites for hydroxylation is 1. The number of hydrogen-bond donors (Lipinski definition) is 2. The number of alkyl halides is 2. The number of nitrogens with zero attached hydrogens (tertiary/aromatic N) is 3. The fourth-order valence-corrected chi connectivity index (χ4v) is 3.68. The third kappa shape index (κ3) is 2.84. The van der Waals surface area contributed by atoms with E-state index >= 15 is 0 Å². The van der Waals surface area contributed by atoms with E-state index in [0.717, 1.165) is 11.9 Å². The number of halogens is 3. The standard InChI is InChI=1S/C17H16F3N5OS/c1-8-23-13(6-27-8)14-22-5-9-3-11(18)10(4-12(9)24-14)16(2)17(19,20)7-26-15(21)25-16/h3-4,6H,5,7H2,1-2H3,(H2,21,25)(H,22,24). The van der Waals surface area contributed by atoms with Gasteiger partial charge in [-0.05, 0) is 26.0 Å². The lowest BCUT2D eigenvalue weighted by Gasteiger charge is -2.38. The molecule has 0 radical (unpaired) electrons. The monoisotopic (exact) mass is 395 g/mol. The molecule has 142 valence electrons. The van der Waals surface area contributed by atoms with E-state index < -0.39 is 29.9 Å². The van der Waals surface area contributed by atoms with E-state index in [-0.39, 0.29) is 12.1 Å². The van der Waals surface area contributed by atoms with Gasteiger partial charge in [0.1, 0.15) is 11.5 Å². The number of ether oxygens (including phenoxy) is 1. The second-order valence-electron chi connectivity index (χ2n) is 6.55. The van der Waals surface area contributed by atoms with Crippen LogP contribution < -0.4 is 11.1 Å². The lowest BCUT2D eigenvalue weighted by molar-refractivity contribution is -0.117. The molecule has 1 aromatic heterocycles. The predicted molar refractivity (Wildman–Crippen MR) is 97.0 cm³/mol. The zero-order chi connectivity index (χ0) is 19.4. The Kier molecular flexibility index (Phi) is 3.91. The van der Waals surface area contributed by atoms with Crippen molar-refractivity contribution >= 4 is 28.9 Å². The Bertz CT molecular complexity index is 987. The molecule has 0 fully saturated rings. The van der Waals surface area contributed by atoms with Gasteiger partial charge in [0.25, 0.3) is 6.02 Å². The summed E-state index contributed by atoms with van der Waals surface area (Å²) < 4.78 is 48.5. The molecule has 2 aliphatic heterocycles. The number of anilines is 1.